The first-order valence-electron chi connectivity index (χ1n) is 12.3. The van der Waals surface area contributed by atoms with Crippen molar-refractivity contribution >= 4 is 29.3 Å². The van der Waals surface area contributed by atoms with Gasteiger partial charge in [-0.05, 0) is 43.3 Å². The van der Waals surface area contributed by atoms with Crippen molar-refractivity contribution < 1.29 is 19.1 Å². The summed E-state index contributed by atoms with van der Waals surface area (Å²) in [5, 5.41) is 9.98. The van der Waals surface area contributed by atoms with E-state index in [9.17, 15) is 14.9 Å². The summed E-state index contributed by atoms with van der Waals surface area (Å²) in [7, 11) is 3.14. The lowest BCUT2D eigenvalue weighted by molar-refractivity contribution is -0.121. The van der Waals surface area contributed by atoms with Gasteiger partial charge in [-0.3, -0.25) is 9.59 Å². The first kappa shape index (κ1) is 26.0. The fourth-order valence-electron chi connectivity index (χ4n) is 4.50. The molecule has 2 heterocycles. The summed E-state index contributed by atoms with van der Waals surface area (Å²) >= 11 is 1.14. The Hall–Kier alpha value is -4.61. The number of thioether (sulfide) groups is 1. The van der Waals surface area contributed by atoms with Crippen molar-refractivity contribution in [3.05, 3.63) is 90.0 Å². The van der Waals surface area contributed by atoms with Crippen molar-refractivity contribution in [1.82, 2.24) is 4.98 Å². The molecule has 1 aromatic heterocycles. The summed E-state index contributed by atoms with van der Waals surface area (Å²) in [6.07, 6.45) is 0.0112. The second kappa shape index (κ2) is 11.0. The molecule has 0 aliphatic carbocycles. The number of anilines is 1. The Morgan fingerprint density at radius 1 is 0.949 bits per heavy atom. The number of pyridine rings is 1. The van der Waals surface area contributed by atoms with Gasteiger partial charge in [-0.2, -0.15) is 5.26 Å². The van der Waals surface area contributed by atoms with Crippen LogP contribution in [0.1, 0.15) is 17.5 Å². The summed E-state index contributed by atoms with van der Waals surface area (Å²) in [5.74, 6) is 0.553. The van der Waals surface area contributed by atoms with E-state index in [-0.39, 0.29) is 18.2 Å². The van der Waals surface area contributed by atoms with E-state index in [1.807, 2.05) is 61.5 Å². The van der Waals surface area contributed by atoms with Crippen molar-refractivity contribution in [2.24, 2.45) is 0 Å². The Kier molecular flexibility index (Phi) is 7.35. The molecule has 0 spiro atoms. The van der Waals surface area contributed by atoms with E-state index in [1.165, 1.54) is 4.90 Å². The number of benzene rings is 3. The number of carbonyl (C=O) groups is 2. The molecule has 39 heavy (non-hydrogen) atoms. The lowest BCUT2D eigenvalue weighted by Crippen LogP contribution is -2.31. The zero-order valence-corrected chi connectivity index (χ0v) is 22.5. The van der Waals surface area contributed by atoms with Crippen LogP contribution in [0, 0.1) is 18.3 Å². The maximum absolute atomic E-state index is 13.4. The highest BCUT2D eigenvalue weighted by molar-refractivity contribution is 8.00. The molecule has 3 aromatic carbocycles. The highest BCUT2D eigenvalue weighted by Crippen LogP contribution is 2.42. The van der Waals surface area contributed by atoms with Gasteiger partial charge in [0, 0.05) is 23.1 Å². The number of rotatable bonds is 7. The predicted molar refractivity (Wildman–Crippen MR) is 151 cm³/mol. The van der Waals surface area contributed by atoms with Gasteiger partial charge < -0.3 is 9.47 Å². The molecule has 1 saturated heterocycles. The van der Waals surface area contributed by atoms with E-state index in [4.69, 9.17) is 14.5 Å². The molecule has 1 atom stereocenters. The van der Waals surface area contributed by atoms with Gasteiger partial charge in [-0.25, -0.2) is 9.88 Å². The zero-order chi connectivity index (χ0) is 27.5. The van der Waals surface area contributed by atoms with Gasteiger partial charge in [0.15, 0.2) is 0 Å². The van der Waals surface area contributed by atoms with E-state index in [1.54, 1.807) is 38.5 Å². The van der Waals surface area contributed by atoms with Gasteiger partial charge in [0.05, 0.1) is 36.4 Å². The van der Waals surface area contributed by atoms with Crippen molar-refractivity contribution in [3.63, 3.8) is 0 Å². The minimum absolute atomic E-state index is 0.0112. The molecule has 2 amide bonds. The van der Waals surface area contributed by atoms with Crippen LogP contribution in [0.5, 0.6) is 11.5 Å². The molecule has 0 radical (unpaired) electrons. The number of aromatic nitrogens is 1. The lowest BCUT2D eigenvalue weighted by Gasteiger charge is -2.17. The smallest absolute Gasteiger partial charge is 0.247 e. The lowest BCUT2D eigenvalue weighted by atomic mass is 9.98. The summed E-state index contributed by atoms with van der Waals surface area (Å²) in [5.41, 5.74) is 4.59. The third-order valence-corrected chi connectivity index (χ3v) is 7.69. The second-order valence-corrected chi connectivity index (χ2v) is 10.2. The molecule has 8 heteroatoms. The van der Waals surface area contributed by atoms with E-state index in [0.29, 0.717) is 44.6 Å². The zero-order valence-electron chi connectivity index (χ0n) is 21.7. The number of hydrogen-bond donors (Lipinski definition) is 0. The number of amides is 2. The van der Waals surface area contributed by atoms with Gasteiger partial charge in [0.2, 0.25) is 11.8 Å². The Morgan fingerprint density at radius 3 is 2.36 bits per heavy atom. The molecule has 0 saturated carbocycles. The van der Waals surface area contributed by atoms with Gasteiger partial charge >= 0.3 is 0 Å². The normalized spacial score (nSPS) is 14.8. The Bertz CT molecular complexity index is 1600. The average molecular weight is 536 g/mol. The average Bonchev–Trinajstić information content (AvgIpc) is 3.25. The largest absolute Gasteiger partial charge is 0.497 e. The second-order valence-electron chi connectivity index (χ2n) is 8.99. The van der Waals surface area contributed by atoms with Crippen LogP contribution in [0.3, 0.4) is 0 Å². The number of aryl methyl sites for hydroxylation is 1. The fraction of sp³-hybridized carbons (Fsp3) is 0.161. The Labute approximate surface area is 231 Å². The SMILES string of the molecule is COc1ccc(OC)c(-c2cc(-c3ccccc3)nc(S[C@H]3CC(=O)N(c4ccc(C)cc4)C3=O)c2C#N)c1. The number of carbonyl (C=O) groups excluding carboxylic acids is 2. The third-order valence-electron chi connectivity index (χ3n) is 6.52. The molecular formula is C31H25N3O4S. The van der Waals surface area contributed by atoms with Crippen LogP contribution in [-0.2, 0) is 9.59 Å². The molecule has 1 fully saturated rings. The minimum Gasteiger partial charge on any atom is -0.497 e. The maximum Gasteiger partial charge on any atom is 0.247 e. The summed E-state index contributed by atoms with van der Waals surface area (Å²) in [6, 6.07) is 26.4. The molecule has 1 aliphatic rings. The fourth-order valence-corrected chi connectivity index (χ4v) is 5.63. The number of hydrogen-bond acceptors (Lipinski definition) is 7. The number of nitriles is 1. The van der Waals surface area contributed by atoms with Gasteiger partial charge in [0.1, 0.15) is 22.6 Å². The summed E-state index contributed by atoms with van der Waals surface area (Å²) in [4.78, 5) is 32.4. The number of methoxy groups -OCH3 is 2. The van der Waals surface area contributed by atoms with E-state index < -0.39 is 5.25 Å². The summed E-state index contributed by atoms with van der Waals surface area (Å²) in [6.45, 7) is 1.94. The molecular weight excluding hydrogens is 510 g/mol. The standard InChI is InChI=1S/C31H25N3O4S/c1-19-9-11-21(12-10-19)34-29(35)17-28(31(34)36)39-30-25(18-32)23(16-26(33-30)20-7-5-4-6-8-20)24-15-22(37-2)13-14-27(24)38-3/h4-16,28H,17H2,1-3H3/t28-/m0/s1. The molecule has 0 bridgehead atoms. The Balaban J connectivity index is 1.62. The topological polar surface area (TPSA) is 92.5 Å². The highest BCUT2D eigenvalue weighted by Gasteiger charge is 2.41. The van der Waals surface area contributed by atoms with Crippen LogP contribution in [0.25, 0.3) is 22.4 Å². The van der Waals surface area contributed by atoms with Crippen LogP contribution in [0.15, 0.2) is 83.9 Å². The number of ether oxygens (including phenoxy) is 2. The van der Waals surface area contributed by atoms with E-state index in [2.05, 4.69) is 6.07 Å². The number of nitrogens with zero attached hydrogens (tertiary/aromatic N) is 3. The van der Waals surface area contributed by atoms with E-state index >= 15 is 0 Å². The molecule has 0 unspecified atom stereocenters. The number of imide groups is 1. The van der Waals surface area contributed by atoms with Crippen LogP contribution < -0.4 is 14.4 Å². The first-order valence-corrected chi connectivity index (χ1v) is 13.1. The summed E-state index contributed by atoms with van der Waals surface area (Å²) < 4.78 is 11.1. The Morgan fingerprint density at radius 2 is 1.69 bits per heavy atom. The van der Waals surface area contributed by atoms with Gasteiger partial charge in [-0.1, -0.05) is 59.8 Å². The van der Waals surface area contributed by atoms with Crippen LogP contribution in [0.4, 0.5) is 5.69 Å². The van der Waals surface area contributed by atoms with E-state index in [0.717, 1.165) is 22.9 Å². The molecule has 1 aliphatic heterocycles. The molecule has 5 rings (SSSR count). The maximum atomic E-state index is 13.4. The van der Waals surface area contributed by atoms with Crippen LogP contribution >= 0.6 is 11.8 Å². The first-order chi connectivity index (χ1) is 18.9. The molecule has 4 aromatic rings. The van der Waals surface area contributed by atoms with Crippen molar-refractivity contribution in [3.8, 4) is 40.0 Å². The highest BCUT2D eigenvalue weighted by atomic mass is 32.2. The van der Waals surface area contributed by atoms with Crippen LogP contribution in [0.2, 0.25) is 0 Å². The van der Waals surface area contributed by atoms with Crippen molar-refractivity contribution in [1.29, 1.82) is 5.26 Å². The molecule has 7 nitrogen and oxygen atoms in total. The van der Waals surface area contributed by atoms with Gasteiger partial charge in [-0.15, -0.1) is 0 Å². The predicted octanol–water partition coefficient (Wildman–Crippen LogP) is 6.04. The third kappa shape index (κ3) is 5.09. The molecule has 0 N–H and O–H groups in total. The molecule has 194 valence electrons. The van der Waals surface area contributed by atoms with Crippen molar-refractivity contribution in [2.75, 3.05) is 19.1 Å². The van der Waals surface area contributed by atoms with Crippen molar-refractivity contribution in [2.45, 2.75) is 23.6 Å². The van der Waals surface area contributed by atoms with Gasteiger partial charge in [0.25, 0.3) is 0 Å². The minimum atomic E-state index is -0.718. The quantitative estimate of drug-likeness (QED) is 0.267. The monoisotopic (exact) mass is 535 g/mol. The van der Waals surface area contributed by atoms with Crippen LogP contribution in [-0.4, -0.2) is 36.3 Å².